The van der Waals surface area contributed by atoms with Crippen LogP contribution in [0.25, 0.3) is 0 Å². The highest BCUT2D eigenvalue weighted by Gasteiger charge is 2.51. The lowest BCUT2D eigenvalue weighted by Crippen LogP contribution is -2.33. The lowest BCUT2D eigenvalue weighted by atomic mass is 9.78. The second kappa shape index (κ2) is 8.78. The molecular weight excluding hydrogens is 432 g/mol. The summed E-state index contributed by atoms with van der Waals surface area (Å²) in [4.78, 5) is 24.5. The first-order chi connectivity index (χ1) is 14.9. The Labute approximate surface area is 181 Å². The minimum atomic E-state index is -3.40. The van der Waals surface area contributed by atoms with Crippen molar-refractivity contribution in [2.24, 2.45) is 11.7 Å². The predicted molar refractivity (Wildman–Crippen MR) is 107 cm³/mol. The average Bonchev–Trinajstić information content (AvgIpc) is 2.95. The number of nitrogens with two attached hydrogens (primary N) is 1. The summed E-state index contributed by atoms with van der Waals surface area (Å²) < 4.78 is 64.2. The summed E-state index contributed by atoms with van der Waals surface area (Å²) in [5.74, 6) is -6.67. The maximum absolute atomic E-state index is 14.4. The fourth-order valence-electron chi connectivity index (χ4n) is 3.83. The molecule has 6 nitrogen and oxygen atoms in total. The molecule has 1 aliphatic heterocycles. The third kappa shape index (κ3) is 4.55. The van der Waals surface area contributed by atoms with Gasteiger partial charge in [0.15, 0.2) is 11.6 Å². The van der Waals surface area contributed by atoms with Crippen molar-refractivity contribution in [3.05, 3.63) is 59.2 Å². The van der Waals surface area contributed by atoms with E-state index in [0.29, 0.717) is 0 Å². The molecule has 0 spiro atoms. The quantitative estimate of drug-likeness (QED) is 0.640. The number of primary amides is 1. The van der Waals surface area contributed by atoms with Crippen molar-refractivity contribution in [2.45, 2.75) is 45.0 Å². The second-order valence-electron chi connectivity index (χ2n) is 8.05. The fraction of sp³-hybridized carbons (Fsp3) is 0.364. The van der Waals surface area contributed by atoms with Gasteiger partial charge in [-0.25, -0.2) is 4.39 Å². The molecule has 2 aromatic rings. The van der Waals surface area contributed by atoms with Gasteiger partial charge in [-0.05, 0) is 44.0 Å². The van der Waals surface area contributed by atoms with E-state index in [1.165, 1.54) is 24.3 Å². The van der Waals surface area contributed by atoms with Crippen molar-refractivity contribution in [3.63, 3.8) is 0 Å². The minimum absolute atomic E-state index is 0.117. The number of carbonyl (C=O) groups excluding carboxylic acids is 2. The Morgan fingerprint density at radius 2 is 1.88 bits per heavy atom. The van der Waals surface area contributed by atoms with Crippen molar-refractivity contribution in [1.82, 2.24) is 0 Å². The number of alkyl halides is 2. The highest BCUT2D eigenvalue weighted by Crippen LogP contribution is 2.49. The molecule has 3 N–H and O–H groups in total. The van der Waals surface area contributed by atoms with Gasteiger partial charge in [0.25, 0.3) is 5.91 Å². The van der Waals surface area contributed by atoms with Crippen LogP contribution in [0.3, 0.4) is 0 Å². The van der Waals surface area contributed by atoms with Crippen LogP contribution in [0.2, 0.25) is 0 Å². The highest BCUT2D eigenvalue weighted by atomic mass is 19.3. The van der Waals surface area contributed by atoms with E-state index >= 15 is 0 Å². The van der Waals surface area contributed by atoms with Crippen molar-refractivity contribution in [3.8, 4) is 5.75 Å². The molecule has 0 aromatic heterocycles. The number of hydrogen-bond donors (Lipinski definition) is 2. The first kappa shape index (κ1) is 23.5. The van der Waals surface area contributed by atoms with Gasteiger partial charge in [0.2, 0.25) is 11.7 Å². The van der Waals surface area contributed by atoms with E-state index in [4.69, 9.17) is 10.5 Å². The van der Waals surface area contributed by atoms with Crippen LogP contribution in [0.5, 0.6) is 5.75 Å². The number of amides is 2. The van der Waals surface area contributed by atoms with Crippen LogP contribution in [-0.2, 0) is 9.53 Å². The molecule has 1 fully saturated rings. The van der Waals surface area contributed by atoms with Gasteiger partial charge in [-0.3, -0.25) is 9.59 Å². The Morgan fingerprint density at radius 3 is 2.50 bits per heavy atom. The van der Waals surface area contributed by atoms with Gasteiger partial charge < -0.3 is 20.5 Å². The lowest BCUT2D eigenvalue weighted by Gasteiger charge is -2.26. The first-order valence-corrected chi connectivity index (χ1v) is 9.73. The van der Waals surface area contributed by atoms with E-state index in [-0.39, 0.29) is 16.8 Å². The standard InChI is InChI=1S/C22H22F4N2O4/c1-10-15(13-7-8-14(23)16(24)17(13)31-21(25)26)18(32-22(10,2)3)20(30)28-12-6-4-5-11(9-12)19(27)29/h4-10,15,18,21H,1-3H3,(H2,27,29)(H,28,30)/t10-,15-,18+/m1/s1. The van der Waals surface area contributed by atoms with Crippen LogP contribution < -0.4 is 15.8 Å². The molecule has 3 rings (SSSR count). The molecule has 10 heteroatoms. The Kier molecular flexibility index (Phi) is 6.45. The molecule has 0 radical (unpaired) electrons. The van der Waals surface area contributed by atoms with E-state index in [9.17, 15) is 27.2 Å². The molecular formula is C22H22F4N2O4. The topological polar surface area (TPSA) is 90.6 Å². The molecule has 2 aromatic carbocycles. The maximum Gasteiger partial charge on any atom is 0.387 e. The third-order valence-corrected chi connectivity index (χ3v) is 5.71. The summed E-state index contributed by atoms with van der Waals surface area (Å²) in [6, 6.07) is 7.75. The summed E-state index contributed by atoms with van der Waals surface area (Å²) in [5.41, 5.74) is 4.64. The van der Waals surface area contributed by atoms with Gasteiger partial charge in [-0.15, -0.1) is 0 Å². The van der Waals surface area contributed by atoms with E-state index in [0.717, 1.165) is 12.1 Å². The second-order valence-corrected chi connectivity index (χ2v) is 8.05. The number of anilines is 1. The van der Waals surface area contributed by atoms with Crippen LogP contribution in [0.1, 0.15) is 42.6 Å². The Bertz CT molecular complexity index is 1040. The Balaban J connectivity index is 2.01. The number of halogens is 4. The van der Waals surface area contributed by atoms with Gasteiger partial charge in [-0.1, -0.05) is 19.1 Å². The molecule has 1 aliphatic rings. The summed E-state index contributed by atoms with van der Waals surface area (Å²) in [5, 5.41) is 2.59. The molecule has 1 heterocycles. The number of ether oxygens (including phenoxy) is 2. The van der Waals surface area contributed by atoms with Crippen molar-refractivity contribution in [1.29, 1.82) is 0 Å². The molecule has 0 bridgehead atoms. The van der Waals surface area contributed by atoms with Gasteiger partial charge in [-0.2, -0.15) is 13.2 Å². The minimum Gasteiger partial charge on any atom is -0.431 e. The summed E-state index contributed by atoms with van der Waals surface area (Å²) >= 11 is 0. The Morgan fingerprint density at radius 1 is 1.19 bits per heavy atom. The monoisotopic (exact) mass is 454 g/mol. The van der Waals surface area contributed by atoms with Gasteiger partial charge in [0.1, 0.15) is 6.10 Å². The number of nitrogens with one attached hydrogen (secondary N) is 1. The van der Waals surface area contributed by atoms with E-state index in [1.54, 1.807) is 20.8 Å². The lowest BCUT2D eigenvalue weighted by molar-refractivity contribution is -0.131. The number of benzene rings is 2. The summed E-state index contributed by atoms with van der Waals surface area (Å²) in [7, 11) is 0. The zero-order valence-corrected chi connectivity index (χ0v) is 17.5. The molecule has 0 aliphatic carbocycles. The zero-order valence-electron chi connectivity index (χ0n) is 17.5. The number of hydrogen-bond acceptors (Lipinski definition) is 4. The van der Waals surface area contributed by atoms with Crippen LogP contribution in [0, 0.1) is 17.6 Å². The van der Waals surface area contributed by atoms with Gasteiger partial charge in [0.05, 0.1) is 5.60 Å². The summed E-state index contributed by atoms with van der Waals surface area (Å²) in [6.45, 7) is 1.69. The molecule has 2 amide bonds. The normalized spacial score (nSPS) is 22.1. The molecule has 0 saturated carbocycles. The van der Waals surface area contributed by atoms with Crippen LogP contribution >= 0.6 is 0 Å². The SMILES string of the molecule is C[C@@H]1[C@H](c2ccc(F)c(F)c2OC(F)F)[C@@H](C(=O)Nc2cccc(C(N)=O)c2)OC1(C)C. The van der Waals surface area contributed by atoms with E-state index < -0.39 is 59.4 Å². The first-order valence-electron chi connectivity index (χ1n) is 9.73. The number of rotatable bonds is 6. The van der Waals surface area contributed by atoms with Crippen molar-refractivity contribution >= 4 is 17.5 Å². The van der Waals surface area contributed by atoms with Crippen LogP contribution in [0.15, 0.2) is 36.4 Å². The van der Waals surface area contributed by atoms with Gasteiger partial charge in [0, 0.05) is 22.7 Å². The Hall–Kier alpha value is -3.14. The average molecular weight is 454 g/mol. The van der Waals surface area contributed by atoms with Gasteiger partial charge >= 0.3 is 6.61 Å². The van der Waals surface area contributed by atoms with Crippen molar-refractivity contribution < 1.29 is 36.6 Å². The predicted octanol–water partition coefficient (Wildman–Crippen LogP) is 4.20. The van der Waals surface area contributed by atoms with E-state index in [1.807, 2.05) is 0 Å². The molecule has 172 valence electrons. The number of carbonyl (C=O) groups is 2. The van der Waals surface area contributed by atoms with Crippen molar-refractivity contribution in [2.75, 3.05) is 5.32 Å². The largest absolute Gasteiger partial charge is 0.431 e. The van der Waals surface area contributed by atoms with Crippen LogP contribution in [0.4, 0.5) is 23.2 Å². The molecule has 32 heavy (non-hydrogen) atoms. The molecule has 0 unspecified atom stereocenters. The molecule has 1 saturated heterocycles. The maximum atomic E-state index is 14.4. The summed E-state index contributed by atoms with van der Waals surface area (Å²) in [6.07, 6.45) is -1.25. The fourth-order valence-corrected chi connectivity index (χ4v) is 3.83. The zero-order chi connectivity index (χ0) is 23.8. The van der Waals surface area contributed by atoms with E-state index in [2.05, 4.69) is 10.1 Å². The molecule has 3 atom stereocenters. The third-order valence-electron chi connectivity index (χ3n) is 5.71. The smallest absolute Gasteiger partial charge is 0.387 e. The highest BCUT2D eigenvalue weighted by molar-refractivity contribution is 5.98. The van der Waals surface area contributed by atoms with Crippen LogP contribution in [-0.4, -0.2) is 30.1 Å².